The van der Waals surface area contributed by atoms with E-state index < -0.39 is 0 Å². The summed E-state index contributed by atoms with van der Waals surface area (Å²) < 4.78 is 5.18. The molecule has 0 aromatic heterocycles. The van der Waals surface area contributed by atoms with Crippen LogP contribution in [0.25, 0.3) is 0 Å². The second-order valence-corrected chi connectivity index (χ2v) is 4.62. The fraction of sp³-hybridized carbons (Fsp3) is 0.929. The van der Waals surface area contributed by atoms with E-state index in [1.807, 2.05) is 6.92 Å². The lowest BCUT2D eigenvalue weighted by Gasteiger charge is -2.10. The minimum Gasteiger partial charge on any atom is -0.465 e. The van der Waals surface area contributed by atoms with Crippen molar-refractivity contribution in [3.05, 3.63) is 0 Å². The van der Waals surface area contributed by atoms with Gasteiger partial charge in [-0.2, -0.15) is 0 Å². The van der Waals surface area contributed by atoms with Gasteiger partial charge in [-0.1, -0.05) is 59.3 Å². The number of esters is 1. The third-order valence-corrected chi connectivity index (χ3v) is 2.89. The molecule has 0 fully saturated rings. The second-order valence-electron chi connectivity index (χ2n) is 4.62. The molecule has 0 aliphatic carbocycles. The maximum atomic E-state index is 11.5. The Hall–Kier alpha value is -0.530. The molecule has 0 N–H and O–H groups in total. The Morgan fingerprint density at radius 2 is 1.62 bits per heavy atom. The Morgan fingerprint density at radius 1 is 1.00 bits per heavy atom. The van der Waals surface area contributed by atoms with Crippen molar-refractivity contribution in [3.8, 4) is 0 Å². The van der Waals surface area contributed by atoms with Gasteiger partial charge in [0.05, 0.1) is 12.5 Å². The van der Waals surface area contributed by atoms with Crippen molar-refractivity contribution in [2.75, 3.05) is 6.61 Å². The molecule has 0 bridgehead atoms. The lowest BCUT2D eigenvalue weighted by molar-refractivity contribution is -0.148. The van der Waals surface area contributed by atoms with Crippen LogP contribution in [-0.2, 0) is 9.53 Å². The molecule has 0 aliphatic rings. The molecule has 0 radical (unpaired) electrons. The predicted octanol–water partition coefficient (Wildman–Crippen LogP) is 4.33. The maximum Gasteiger partial charge on any atom is 0.308 e. The number of carbonyl (C=O) groups is 1. The van der Waals surface area contributed by atoms with Crippen molar-refractivity contribution < 1.29 is 9.53 Å². The predicted molar refractivity (Wildman–Crippen MR) is 68.4 cm³/mol. The zero-order valence-corrected chi connectivity index (χ0v) is 11.3. The summed E-state index contributed by atoms with van der Waals surface area (Å²) in [6.07, 6.45) is 9.34. The monoisotopic (exact) mass is 228 g/mol. The van der Waals surface area contributed by atoms with E-state index in [2.05, 4.69) is 13.8 Å². The van der Waals surface area contributed by atoms with Crippen molar-refractivity contribution in [2.24, 2.45) is 5.92 Å². The summed E-state index contributed by atoms with van der Waals surface area (Å²) in [6, 6.07) is 0. The van der Waals surface area contributed by atoms with E-state index in [0.717, 1.165) is 25.7 Å². The summed E-state index contributed by atoms with van der Waals surface area (Å²) in [5, 5.41) is 0. The van der Waals surface area contributed by atoms with Crippen molar-refractivity contribution in [3.63, 3.8) is 0 Å². The molecular formula is C14H28O2. The SMILES string of the molecule is CCCCCCCC(C)C(=O)OCCCC. The molecule has 0 aromatic rings. The molecule has 16 heavy (non-hydrogen) atoms. The first kappa shape index (κ1) is 15.5. The molecule has 0 saturated carbocycles. The van der Waals surface area contributed by atoms with E-state index in [0.29, 0.717) is 6.61 Å². The van der Waals surface area contributed by atoms with Gasteiger partial charge in [-0.3, -0.25) is 4.79 Å². The third-order valence-electron chi connectivity index (χ3n) is 2.89. The maximum absolute atomic E-state index is 11.5. The summed E-state index contributed by atoms with van der Waals surface area (Å²) in [7, 11) is 0. The topological polar surface area (TPSA) is 26.3 Å². The fourth-order valence-corrected chi connectivity index (χ4v) is 1.63. The average Bonchev–Trinajstić information content (AvgIpc) is 2.28. The van der Waals surface area contributed by atoms with Crippen LogP contribution in [0.15, 0.2) is 0 Å². The van der Waals surface area contributed by atoms with Gasteiger partial charge in [0.1, 0.15) is 0 Å². The van der Waals surface area contributed by atoms with Gasteiger partial charge in [0.2, 0.25) is 0 Å². The van der Waals surface area contributed by atoms with E-state index in [9.17, 15) is 4.79 Å². The zero-order valence-electron chi connectivity index (χ0n) is 11.3. The number of carbonyl (C=O) groups excluding carboxylic acids is 1. The summed E-state index contributed by atoms with van der Waals surface area (Å²) in [4.78, 5) is 11.5. The normalized spacial score (nSPS) is 12.4. The highest BCUT2D eigenvalue weighted by molar-refractivity contribution is 5.71. The number of rotatable bonds is 10. The van der Waals surface area contributed by atoms with E-state index in [1.165, 1.54) is 25.7 Å². The molecule has 0 saturated heterocycles. The number of ether oxygens (including phenoxy) is 1. The minimum atomic E-state index is -0.0102. The largest absolute Gasteiger partial charge is 0.465 e. The van der Waals surface area contributed by atoms with Gasteiger partial charge in [-0.05, 0) is 12.8 Å². The van der Waals surface area contributed by atoms with Crippen molar-refractivity contribution in [1.82, 2.24) is 0 Å². The molecule has 96 valence electrons. The van der Waals surface area contributed by atoms with Gasteiger partial charge in [-0.15, -0.1) is 0 Å². The Labute approximate surface area is 101 Å². The summed E-state index contributed by atoms with van der Waals surface area (Å²) in [5.74, 6) is 0.0717. The molecule has 0 aromatic carbocycles. The first-order valence-electron chi connectivity index (χ1n) is 6.89. The van der Waals surface area contributed by atoms with Crippen LogP contribution < -0.4 is 0 Å². The van der Waals surface area contributed by atoms with Gasteiger partial charge >= 0.3 is 5.97 Å². The van der Waals surface area contributed by atoms with Gasteiger partial charge < -0.3 is 4.74 Å². The lowest BCUT2D eigenvalue weighted by atomic mass is 10.0. The molecule has 2 heteroatoms. The number of unbranched alkanes of at least 4 members (excludes halogenated alkanes) is 5. The lowest BCUT2D eigenvalue weighted by Crippen LogP contribution is -2.15. The fourth-order valence-electron chi connectivity index (χ4n) is 1.63. The van der Waals surface area contributed by atoms with Gasteiger partial charge in [-0.25, -0.2) is 0 Å². The molecule has 0 rings (SSSR count). The highest BCUT2D eigenvalue weighted by Gasteiger charge is 2.13. The smallest absolute Gasteiger partial charge is 0.308 e. The molecule has 0 spiro atoms. The van der Waals surface area contributed by atoms with Crippen molar-refractivity contribution in [1.29, 1.82) is 0 Å². The number of hydrogen-bond acceptors (Lipinski definition) is 2. The summed E-state index contributed by atoms with van der Waals surface area (Å²) >= 11 is 0. The van der Waals surface area contributed by atoms with Crippen LogP contribution in [0.1, 0.15) is 72.1 Å². The quantitative estimate of drug-likeness (QED) is 0.411. The van der Waals surface area contributed by atoms with E-state index in [1.54, 1.807) is 0 Å². The summed E-state index contributed by atoms with van der Waals surface area (Å²) in [5.41, 5.74) is 0. The van der Waals surface area contributed by atoms with Crippen LogP contribution in [-0.4, -0.2) is 12.6 Å². The molecule has 1 unspecified atom stereocenters. The standard InChI is InChI=1S/C14H28O2/c1-4-6-8-9-10-11-13(3)14(15)16-12-7-5-2/h13H,4-12H2,1-3H3. The molecular weight excluding hydrogens is 200 g/mol. The van der Waals surface area contributed by atoms with Gasteiger partial charge in [0.25, 0.3) is 0 Å². The van der Waals surface area contributed by atoms with E-state index >= 15 is 0 Å². The Bertz CT molecular complexity index is 166. The zero-order chi connectivity index (χ0) is 12.2. The van der Waals surface area contributed by atoms with Crippen LogP contribution in [0.4, 0.5) is 0 Å². The first-order chi connectivity index (χ1) is 7.72. The third kappa shape index (κ3) is 8.75. The van der Waals surface area contributed by atoms with Crippen LogP contribution in [0.5, 0.6) is 0 Å². The van der Waals surface area contributed by atoms with Crippen LogP contribution in [0.3, 0.4) is 0 Å². The number of hydrogen-bond donors (Lipinski definition) is 0. The Kier molecular flexibility index (Phi) is 10.6. The minimum absolute atomic E-state index is 0.0102. The molecule has 0 aliphatic heterocycles. The Balaban J connectivity index is 3.40. The highest BCUT2D eigenvalue weighted by atomic mass is 16.5. The second kappa shape index (κ2) is 11.0. The van der Waals surface area contributed by atoms with E-state index in [4.69, 9.17) is 4.74 Å². The van der Waals surface area contributed by atoms with Crippen molar-refractivity contribution in [2.45, 2.75) is 72.1 Å². The molecule has 0 heterocycles. The highest BCUT2D eigenvalue weighted by Crippen LogP contribution is 2.12. The molecule has 0 amide bonds. The van der Waals surface area contributed by atoms with Gasteiger partial charge in [0, 0.05) is 0 Å². The molecule has 2 nitrogen and oxygen atoms in total. The Morgan fingerprint density at radius 3 is 2.25 bits per heavy atom. The summed E-state index contributed by atoms with van der Waals surface area (Å²) in [6.45, 7) is 6.89. The van der Waals surface area contributed by atoms with Crippen LogP contribution in [0.2, 0.25) is 0 Å². The molecule has 1 atom stereocenters. The van der Waals surface area contributed by atoms with Crippen LogP contribution in [0, 0.1) is 5.92 Å². The van der Waals surface area contributed by atoms with Gasteiger partial charge in [0.15, 0.2) is 0 Å². The van der Waals surface area contributed by atoms with E-state index in [-0.39, 0.29) is 11.9 Å². The first-order valence-corrected chi connectivity index (χ1v) is 6.89. The van der Waals surface area contributed by atoms with Crippen LogP contribution >= 0.6 is 0 Å². The average molecular weight is 228 g/mol. The van der Waals surface area contributed by atoms with Crippen molar-refractivity contribution >= 4 is 5.97 Å².